The number of nitrogens with zero attached hydrogens (tertiary/aromatic N) is 1. The zero-order chi connectivity index (χ0) is 17.5. The van der Waals surface area contributed by atoms with Gasteiger partial charge in [0.15, 0.2) is 0 Å². The number of fused-ring (bicyclic) bond motifs is 3. The van der Waals surface area contributed by atoms with Gasteiger partial charge >= 0.3 is 0 Å². The monoisotopic (exact) mass is 365 g/mol. The fraction of sp³-hybridized carbons (Fsp3) is 0.300. The van der Waals surface area contributed by atoms with E-state index < -0.39 is 0 Å². The summed E-state index contributed by atoms with van der Waals surface area (Å²) in [5.74, 6) is 0.734. The summed E-state index contributed by atoms with van der Waals surface area (Å²) in [7, 11) is 0. The second-order valence-electron chi connectivity index (χ2n) is 6.94. The smallest absolute Gasteiger partial charge is 0.279 e. The van der Waals surface area contributed by atoms with Gasteiger partial charge in [-0.25, -0.2) is 4.98 Å². The zero-order valence-corrected chi connectivity index (χ0v) is 15.0. The Morgan fingerprint density at radius 1 is 1.19 bits per heavy atom. The van der Waals surface area contributed by atoms with Crippen molar-refractivity contribution in [3.05, 3.63) is 54.1 Å². The Labute approximate surface area is 155 Å². The summed E-state index contributed by atoms with van der Waals surface area (Å²) in [6.07, 6.45) is 3.41. The first-order chi connectivity index (χ1) is 12.7. The number of aromatic nitrogens is 1. The quantitative estimate of drug-likeness (QED) is 0.740. The number of ether oxygens (including phenoxy) is 1. The highest BCUT2D eigenvalue weighted by atomic mass is 32.1. The summed E-state index contributed by atoms with van der Waals surface area (Å²) in [6, 6.07) is 16.5. The van der Waals surface area contributed by atoms with Crippen molar-refractivity contribution in [2.45, 2.75) is 37.4 Å². The Hall–Kier alpha value is -2.44. The lowest BCUT2D eigenvalue weighted by molar-refractivity contribution is 0.0931. The van der Waals surface area contributed by atoms with Crippen LogP contribution in [-0.4, -0.2) is 29.0 Å². The van der Waals surface area contributed by atoms with Gasteiger partial charge in [0, 0.05) is 23.7 Å². The van der Waals surface area contributed by atoms with Crippen molar-refractivity contribution in [3.63, 3.8) is 0 Å². The minimum absolute atomic E-state index is 0.0234. The Morgan fingerprint density at radius 3 is 2.85 bits per heavy atom. The lowest BCUT2D eigenvalue weighted by Gasteiger charge is -2.21. The van der Waals surface area contributed by atoms with Crippen LogP contribution in [0.4, 0.5) is 0 Å². The van der Waals surface area contributed by atoms with Crippen LogP contribution in [0.25, 0.3) is 10.2 Å². The van der Waals surface area contributed by atoms with Crippen LogP contribution in [-0.2, 0) is 0 Å². The van der Waals surface area contributed by atoms with E-state index in [1.165, 1.54) is 17.8 Å². The van der Waals surface area contributed by atoms with Gasteiger partial charge in [-0.05, 0) is 49.6 Å². The van der Waals surface area contributed by atoms with E-state index in [-0.39, 0.29) is 11.9 Å². The average molecular weight is 365 g/mol. The molecule has 0 saturated carbocycles. The first-order valence-corrected chi connectivity index (χ1v) is 9.77. The fourth-order valence-corrected chi connectivity index (χ4v) is 4.73. The molecular formula is C20H19N3O2S. The number of hydrogen-bond acceptors (Lipinski definition) is 5. The first-order valence-electron chi connectivity index (χ1n) is 8.95. The van der Waals surface area contributed by atoms with E-state index in [9.17, 15) is 4.79 Å². The molecule has 3 atom stereocenters. The van der Waals surface area contributed by atoms with Gasteiger partial charge in [0.2, 0.25) is 0 Å². The van der Waals surface area contributed by atoms with Gasteiger partial charge in [-0.1, -0.05) is 29.5 Å². The molecule has 5 nitrogen and oxygen atoms in total. The van der Waals surface area contributed by atoms with Gasteiger partial charge in [-0.3, -0.25) is 4.79 Å². The molecule has 2 fully saturated rings. The Morgan fingerprint density at radius 2 is 2.08 bits per heavy atom. The SMILES string of the molecule is O=C(N[C@@H]1C[C@H]2CC[C@@H]1N2)c1ccc2sc(Oc3ccccc3)nc2c1. The highest BCUT2D eigenvalue weighted by Gasteiger charge is 2.39. The standard InChI is InChI=1S/C20H19N3O2S/c24-19(22-16-11-13-7-8-15(16)21-13)12-6-9-18-17(10-12)23-20(26-18)25-14-4-2-1-3-5-14/h1-6,9-10,13,15-16,21H,7-8,11H2,(H,22,24)/t13-,15+,16-/m1/s1. The number of benzene rings is 2. The number of hydrogen-bond donors (Lipinski definition) is 2. The van der Waals surface area contributed by atoms with E-state index in [1.807, 2.05) is 48.5 Å². The molecule has 0 aliphatic carbocycles. The third-order valence-corrected chi connectivity index (χ3v) is 6.11. The minimum atomic E-state index is -0.0234. The molecule has 5 rings (SSSR count). The summed E-state index contributed by atoms with van der Waals surface area (Å²) < 4.78 is 6.81. The highest BCUT2D eigenvalue weighted by Crippen LogP contribution is 2.32. The maximum absolute atomic E-state index is 12.6. The van der Waals surface area contributed by atoms with Gasteiger partial charge in [-0.15, -0.1) is 0 Å². The lowest BCUT2D eigenvalue weighted by atomic mass is 9.95. The molecule has 1 amide bonds. The third kappa shape index (κ3) is 2.95. The maximum Gasteiger partial charge on any atom is 0.279 e. The number of para-hydroxylation sites is 1. The van der Waals surface area contributed by atoms with Crippen molar-refractivity contribution in [2.24, 2.45) is 0 Å². The van der Waals surface area contributed by atoms with E-state index in [1.54, 1.807) is 0 Å². The van der Waals surface area contributed by atoms with E-state index >= 15 is 0 Å². The van der Waals surface area contributed by atoms with Gasteiger partial charge in [0.25, 0.3) is 11.1 Å². The van der Waals surface area contributed by atoms with Crippen molar-refractivity contribution < 1.29 is 9.53 Å². The van der Waals surface area contributed by atoms with Crippen LogP contribution in [0.5, 0.6) is 10.9 Å². The number of nitrogens with one attached hydrogen (secondary N) is 2. The average Bonchev–Trinajstić information content (AvgIpc) is 3.36. The van der Waals surface area contributed by atoms with Gasteiger partial charge in [0.1, 0.15) is 5.75 Å². The second kappa shape index (κ2) is 6.37. The minimum Gasteiger partial charge on any atom is -0.431 e. The van der Waals surface area contributed by atoms with E-state index in [2.05, 4.69) is 15.6 Å². The molecule has 2 aliphatic rings. The fourth-order valence-electron chi connectivity index (χ4n) is 3.92. The highest BCUT2D eigenvalue weighted by molar-refractivity contribution is 7.20. The van der Waals surface area contributed by atoms with E-state index in [0.717, 1.165) is 28.8 Å². The van der Waals surface area contributed by atoms with Crippen molar-refractivity contribution in [2.75, 3.05) is 0 Å². The molecule has 2 N–H and O–H groups in total. The lowest BCUT2D eigenvalue weighted by Crippen LogP contribution is -2.42. The Bertz CT molecular complexity index is 956. The van der Waals surface area contributed by atoms with Gasteiger partial charge in [-0.2, -0.15) is 0 Å². The Kier molecular flexibility index (Phi) is 3.87. The van der Waals surface area contributed by atoms with Crippen LogP contribution in [0.15, 0.2) is 48.5 Å². The molecule has 1 aromatic heterocycles. The molecule has 2 saturated heterocycles. The molecule has 0 unspecified atom stereocenters. The largest absolute Gasteiger partial charge is 0.431 e. The van der Waals surface area contributed by atoms with Crippen molar-refractivity contribution in [3.8, 4) is 10.9 Å². The van der Waals surface area contributed by atoms with Gasteiger partial charge < -0.3 is 15.4 Å². The third-order valence-electron chi connectivity index (χ3n) is 5.20. The van der Waals surface area contributed by atoms with E-state index in [4.69, 9.17) is 4.74 Å². The summed E-state index contributed by atoms with van der Waals surface area (Å²) >= 11 is 1.48. The molecule has 0 spiro atoms. The molecular weight excluding hydrogens is 346 g/mol. The maximum atomic E-state index is 12.6. The summed E-state index contributed by atoms with van der Waals surface area (Å²) in [5, 5.41) is 7.31. The van der Waals surface area contributed by atoms with Crippen LogP contribution < -0.4 is 15.4 Å². The number of rotatable bonds is 4. The molecule has 3 heterocycles. The summed E-state index contributed by atoms with van der Waals surface area (Å²) in [5.41, 5.74) is 1.44. The summed E-state index contributed by atoms with van der Waals surface area (Å²) in [4.78, 5) is 17.1. The van der Waals surface area contributed by atoms with E-state index in [0.29, 0.717) is 22.8 Å². The predicted octanol–water partition coefficient (Wildman–Crippen LogP) is 3.71. The predicted molar refractivity (Wildman–Crippen MR) is 102 cm³/mol. The van der Waals surface area contributed by atoms with Gasteiger partial charge in [0.05, 0.1) is 10.2 Å². The topological polar surface area (TPSA) is 63.2 Å². The van der Waals surface area contributed by atoms with Crippen LogP contribution in [0.3, 0.4) is 0 Å². The molecule has 2 bridgehead atoms. The van der Waals surface area contributed by atoms with Crippen LogP contribution >= 0.6 is 11.3 Å². The Balaban J connectivity index is 1.33. The van der Waals surface area contributed by atoms with Crippen LogP contribution in [0.2, 0.25) is 0 Å². The molecule has 3 aromatic rings. The van der Waals surface area contributed by atoms with Crippen molar-refractivity contribution in [1.82, 2.24) is 15.6 Å². The molecule has 2 aliphatic heterocycles. The number of carbonyl (C=O) groups excluding carboxylic acids is 1. The first kappa shape index (κ1) is 15.8. The van der Waals surface area contributed by atoms with Crippen LogP contribution in [0.1, 0.15) is 29.6 Å². The molecule has 2 aromatic carbocycles. The van der Waals surface area contributed by atoms with Crippen molar-refractivity contribution >= 4 is 27.5 Å². The molecule has 26 heavy (non-hydrogen) atoms. The molecule has 132 valence electrons. The molecule has 6 heteroatoms. The van der Waals surface area contributed by atoms with Crippen LogP contribution in [0, 0.1) is 0 Å². The zero-order valence-electron chi connectivity index (χ0n) is 14.1. The summed E-state index contributed by atoms with van der Waals surface area (Å²) in [6.45, 7) is 0. The normalized spacial score (nSPS) is 24.1. The number of amides is 1. The van der Waals surface area contributed by atoms with Crippen molar-refractivity contribution in [1.29, 1.82) is 0 Å². The number of carbonyl (C=O) groups is 1. The number of thiazole rings is 1. The second-order valence-corrected chi connectivity index (χ2v) is 7.93. The molecule has 0 radical (unpaired) electrons.